The predicted octanol–water partition coefficient (Wildman–Crippen LogP) is 0.772. The van der Waals surface area contributed by atoms with E-state index in [9.17, 15) is 4.79 Å². The molecule has 0 heterocycles. The van der Waals surface area contributed by atoms with Crippen LogP contribution in [-0.2, 0) is 4.79 Å². The van der Waals surface area contributed by atoms with Crippen molar-refractivity contribution in [2.45, 2.75) is 26.2 Å². The van der Waals surface area contributed by atoms with Gasteiger partial charge in [-0.3, -0.25) is 4.79 Å². The molecular formula is C13H27N3O. The summed E-state index contributed by atoms with van der Waals surface area (Å²) in [5.74, 6) is 0.898. The van der Waals surface area contributed by atoms with Crippen LogP contribution in [-0.4, -0.2) is 56.5 Å². The summed E-state index contributed by atoms with van der Waals surface area (Å²) < 4.78 is 0. The average molecular weight is 241 g/mol. The highest BCUT2D eigenvalue weighted by Crippen LogP contribution is 2.45. The third-order valence-corrected chi connectivity index (χ3v) is 3.77. The number of nitrogens with zero attached hydrogens (tertiary/aromatic N) is 2. The minimum absolute atomic E-state index is 0.244. The summed E-state index contributed by atoms with van der Waals surface area (Å²) in [5.41, 5.74) is 5.55. The first-order valence-electron chi connectivity index (χ1n) is 6.51. The van der Waals surface area contributed by atoms with Crippen molar-refractivity contribution in [2.24, 2.45) is 17.1 Å². The third-order valence-electron chi connectivity index (χ3n) is 3.77. The van der Waals surface area contributed by atoms with Crippen LogP contribution in [0.2, 0.25) is 0 Å². The van der Waals surface area contributed by atoms with Crippen LogP contribution in [0.4, 0.5) is 0 Å². The van der Waals surface area contributed by atoms with Gasteiger partial charge in [-0.25, -0.2) is 0 Å². The van der Waals surface area contributed by atoms with Crippen molar-refractivity contribution in [1.29, 1.82) is 0 Å². The lowest BCUT2D eigenvalue weighted by Crippen LogP contribution is -2.54. The van der Waals surface area contributed by atoms with Gasteiger partial charge in [0.25, 0.3) is 0 Å². The van der Waals surface area contributed by atoms with E-state index in [4.69, 9.17) is 5.73 Å². The molecule has 0 aliphatic heterocycles. The zero-order valence-corrected chi connectivity index (χ0v) is 11.7. The van der Waals surface area contributed by atoms with Crippen LogP contribution in [0.5, 0.6) is 0 Å². The molecule has 4 heteroatoms. The third kappa shape index (κ3) is 3.42. The number of carbonyl (C=O) groups excluding carboxylic acids is 1. The predicted molar refractivity (Wildman–Crippen MR) is 70.7 cm³/mol. The van der Waals surface area contributed by atoms with Crippen LogP contribution < -0.4 is 5.73 Å². The zero-order chi connectivity index (χ0) is 13.1. The number of hydrogen-bond donors (Lipinski definition) is 1. The number of rotatable bonds is 6. The SMILES string of the molecule is CC1CC(CN)(C(=O)N(C)CCCN(C)C)C1. The minimum atomic E-state index is -0.244. The summed E-state index contributed by atoms with van der Waals surface area (Å²) in [6, 6.07) is 0. The Kier molecular flexibility index (Phi) is 4.95. The summed E-state index contributed by atoms with van der Waals surface area (Å²) in [6.45, 7) is 4.53. The van der Waals surface area contributed by atoms with Crippen molar-refractivity contribution in [3.63, 3.8) is 0 Å². The van der Waals surface area contributed by atoms with Gasteiger partial charge >= 0.3 is 0 Å². The molecule has 100 valence electrons. The van der Waals surface area contributed by atoms with Gasteiger partial charge in [0.15, 0.2) is 0 Å². The molecule has 0 unspecified atom stereocenters. The van der Waals surface area contributed by atoms with E-state index in [0.29, 0.717) is 12.5 Å². The highest BCUT2D eigenvalue weighted by atomic mass is 16.2. The average Bonchev–Trinajstić information content (AvgIpc) is 2.22. The lowest BCUT2D eigenvalue weighted by Gasteiger charge is -2.46. The lowest BCUT2D eigenvalue weighted by atomic mass is 9.62. The minimum Gasteiger partial charge on any atom is -0.345 e. The Morgan fingerprint density at radius 2 is 1.88 bits per heavy atom. The van der Waals surface area contributed by atoms with E-state index in [0.717, 1.165) is 32.4 Å². The number of carbonyl (C=O) groups is 1. The second-order valence-corrected chi connectivity index (χ2v) is 5.88. The number of hydrogen-bond acceptors (Lipinski definition) is 3. The first kappa shape index (κ1) is 14.5. The Morgan fingerprint density at radius 1 is 1.29 bits per heavy atom. The van der Waals surface area contributed by atoms with Crippen LogP contribution in [0.1, 0.15) is 26.2 Å². The van der Waals surface area contributed by atoms with E-state index in [1.165, 1.54) is 0 Å². The van der Waals surface area contributed by atoms with Gasteiger partial charge in [-0.1, -0.05) is 6.92 Å². The zero-order valence-electron chi connectivity index (χ0n) is 11.7. The molecule has 0 spiro atoms. The van der Waals surface area contributed by atoms with Gasteiger partial charge in [0.1, 0.15) is 0 Å². The van der Waals surface area contributed by atoms with Crippen LogP contribution in [0.15, 0.2) is 0 Å². The van der Waals surface area contributed by atoms with E-state index in [1.54, 1.807) is 0 Å². The van der Waals surface area contributed by atoms with Crippen molar-refractivity contribution >= 4 is 5.91 Å². The Labute approximate surface area is 105 Å². The van der Waals surface area contributed by atoms with Crippen LogP contribution in [0.25, 0.3) is 0 Å². The van der Waals surface area contributed by atoms with Crippen molar-refractivity contribution < 1.29 is 4.79 Å². The molecule has 1 amide bonds. The molecule has 2 N–H and O–H groups in total. The molecule has 1 saturated carbocycles. The monoisotopic (exact) mass is 241 g/mol. The Hall–Kier alpha value is -0.610. The maximum Gasteiger partial charge on any atom is 0.229 e. The number of amides is 1. The van der Waals surface area contributed by atoms with Gasteiger partial charge in [-0.2, -0.15) is 0 Å². The second-order valence-electron chi connectivity index (χ2n) is 5.88. The normalized spacial score (nSPS) is 28.0. The fourth-order valence-electron chi connectivity index (χ4n) is 2.83. The first-order chi connectivity index (χ1) is 7.91. The molecule has 1 fully saturated rings. The van der Waals surface area contributed by atoms with E-state index in [-0.39, 0.29) is 11.3 Å². The van der Waals surface area contributed by atoms with Gasteiger partial charge in [-0.05, 0) is 45.8 Å². The molecule has 0 aromatic carbocycles. The summed E-state index contributed by atoms with van der Waals surface area (Å²) >= 11 is 0. The van der Waals surface area contributed by atoms with Gasteiger partial charge in [0.05, 0.1) is 5.41 Å². The molecular weight excluding hydrogens is 214 g/mol. The van der Waals surface area contributed by atoms with E-state index >= 15 is 0 Å². The van der Waals surface area contributed by atoms with Crippen molar-refractivity contribution in [3.05, 3.63) is 0 Å². The molecule has 4 nitrogen and oxygen atoms in total. The summed E-state index contributed by atoms with van der Waals surface area (Å²) in [4.78, 5) is 16.3. The lowest BCUT2D eigenvalue weighted by molar-refractivity contribution is -0.148. The highest BCUT2D eigenvalue weighted by Gasteiger charge is 2.48. The van der Waals surface area contributed by atoms with Gasteiger partial charge in [-0.15, -0.1) is 0 Å². The van der Waals surface area contributed by atoms with Crippen LogP contribution >= 0.6 is 0 Å². The van der Waals surface area contributed by atoms with Crippen LogP contribution in [0.3, 0.4) is 0 Å². The maximum atomic E-state index is 12.3. The molecule has 0 aromatic rings. The molecule has 0 radical (unpaired) electrons. The standard InChI is InChI=1S/C13H27N3O/c1-11-8-13(9-11,10-14)12(17)16(4)7-5-6-15(2)3/h11H,5-10,14H2,1-4H3. The molecule has 1 rings (SSSR count). The highest BCUT2D eigenvalue weighted by molar-refractivity contribution is 5.83. The van der Waals surface area contributed by atoms with E-state index in [1.807, 2.05) is 11.9 Å². The van der Waals surface area contributed by atoms with Crippen molar-refractivity contribution in [3.8, 4) is 0 Å². The second kappa shape index (κ2) is 5.83. The maximum absolute atomic E-state index is 12.3. The Morgan fingerprint density at radius 3 is 2.29 bits per heavy atom. The molecule has 0 aromatic heterocycles. The van der Waals surface area contributed by atoms with Crippen LogP contribution in [0, 0.1) is 11.3 Å². The van der Waals surface area contributed by atoms with Gasteiger partial charge in [0.2, 0.25) is 5.91 Å². The summed E-state index contributed by atoms with van der Waals surface area (Å²) in [7, 11) is 6.01. The molecule has 1 aliphatic rings. The smallest absolute Gasteiger partial charge is 0.229 e. The molecule has 0 bridgehead atoms. The summed E-state index contributed by atoms with van der Waals surface area (Å²) in [6.07, 6.45) is 2.94. The Balaban J connectivity index is 2.40. The Bertz CT molecular complexity index is 259. The summed E-state index contributed by atoms with van der Waals surface area (Å²) in [5, 5.41) is 0. The molecule has 0 atom stereocenters. The van der Waals surface area contributed by atoms with Gasteiger partial charge < -0.3 is 15.5 Å². The fourth-order valence-corrected chi connectivity index (χ4v) is 2.83. The number of nitrogens with two attached hydrogens (primary N) is 1. The molecule has 0 saturated heterocycles. The van der Waals surface area contributed by atoms with E-state index in [2.05, 4.69) is 25.9 Å². The van der Waals surface area contributed by atoms with Gasteiger partial charge in [0, 0.05) is 20.1 Å². The van der Waals surface area contributed by atoms with Crippen molar-refractivity contribution in [1.82, 2.24) is 9.80 Å². The fraction of sp³-hybridized carbons (Fsp3) is 0.923. The van der Waals surface area contributed by atoms with E-state index < -0.39 is 0 Å². The largest absolute Gasteiger partial charge is 0.345 e. The molecule has 17 heavy (non-hydrogen) atoms. The first-order valence-corrected chi connectivity index (χ1v) is 6.51. The quantitative estimate of drug-likeness (QED) is 0.747. The topological polar surface area (TPSA) is 49.6 Å². The molecule has 1 aliphatic carbocycles. The van der Waals surface area contributed by atoms with Crippen molar-refractivity contribution in [2.75, 3.05) is 40.8 Å².